The molecule has 3 fully saturated rings. The van der Waals surface area contributed by atoms with E-state index in [0.717, 1.165) is 6.92 Å². The molecule has 272 valence electrons. The molecule has 0 aromatic rings. The van der Waals surface area contributed by atoms with E-state index in [9.17, 15) is 58.2 Å². The lowest BCUT2D eigenvalue weighted by Gasteiger charge is -2.46. The Hall–Kier alpha value is -1.07. The van der Waals surface area contributed by atoms with E-state index in [-0.39, 0.29) is 0 Å². The minimum absolute atomic E-state index is 0.398. The van der Waals surface area contributed by atoms with Gasteiger partial charge in [-0.15, -0.1) is 22.4 Å². The van der Waals surface area contributed by atoms with E-state index in [1.165, 1.54) is 27.7 Å². The van der Waals surface area contributed by atoms with E-state index in [1.807, 2.05) is 0 Å². The highest BCUT2D eigenvalue weighted by molar-refractivity contribution is 5.01. The molecular weight excluding hydrogens is 649 g/mol. The zero-order valence-electron chi connectivity index (χ0n) is 24.3. The summed E-state index contributed by atoms with van der Waals surface area (Å²) in [4.78, 5) is 10.1. The third-order valence-corrected chi connectivity index (χ3v) is 8.13. The summed E-state index contributed by atoms with van der Waals surface area (Å²) in [6.45, 7) is -1.07. The van der Waals surface area contributed by atoms with E-state index in [2.05, 4.69) is 0 Å². The van der Waals surface area contributed by atoms with Crippen LogP contribution in [0.25, 0.3) is 0 Å². The van der Waals surface area contributed by atoms with E-state index in [4.69, 9.17) is 28.7 Å². The van der Waals surface area contributed by atoms with Crippen molar-refractivity contribution < 1.29 is 86.9 Å². The van der Waals surface area contributed by atoms with Crippen LogP contribution in [0.15, 0.2) is 0 Å². The molecule has 46 heavy (non-hydrogen) atoms. The molecule has 2 aliphatic heterocycles. The number of rotatable bonds is 18. The average molecular weight is 692 g/mol. The van der Waals surface area contributed by atoms with Crippen LogP contribution in [0.4, 0.5) is 22.4 Å². The smallest absolute Gasteiger partial charge is 0.187 e. The van der Waals surface area contributed by atoms with Gasteiger partial charge in [-0.3, -0.25) is 0 Å². The van der Waals surface area contributed by atoms with Crippen molar-refractivity contribution in [2.45, 2.75) is 124 Å². The largest absolute Gasteiger partial charge is 0.394 e. The zero-order valence-corrected chi connectivity index (χ0v) is 24.3. The molecule has 0 radical (unpaired) electrons. The Kier molecular flexibility index (Phi) is 15.9. The van der Waals surface area contributed by atoms with Crippen molar-refractivity contribution in [3.8, 4) is 0 Å². The highest BCUT2D eigenvalue weighted by atomic mass is 19.2. The number of hydrogen-bond acceptors (Lipinski definition) is 18. The lowest BCUT2D eigenvalue weighted by atomic mass is 9.84. The van der Waals surface area contributed by atoms with Crippen molar-refractivity contribution >= 4 is 0 Å². The van der Waals surface area contributed by atoms with Gasteiger partial charge in [0.05, 0.1) is 43.9 Å². The molecule has 2 heterocycles. The first-order valence-corrected chi connectivity index (χ1v) is 14.3. The normalized spacial score (nSPS) is 41.3. The van der Waals surface area contributed by atoms with Crippen molar-refractivity contribution in [3.05, 3.63) is 0 Å². The first-order chi connectivity index (χ1) is 21.9. The number of ether oxygens (including phenoxy) is 4. The van der Waals surface area contributed by atoms with Gasteiger partial charge in [0.1, 0.15) is 61.0 Å². The Morgan fingerprint density at radius 2 is 1.48 bits per heavy atom. The van der Waals surface area contributed by atoms with Crippen LogP contribution in [-0.4, -0.2) is 159 Å². The summed E-state index contributed by atoms with van der Waals surface area (Å²) in [5, 5.41) is 72.3. The average Bonchev–Trinajstić information content (AvgIpc) is 3.35. The maximum absolute atomic E-state index is 14.0. The molecule has 1 saturated carbocycles. The Bertz CT molecular complexity index is 892. The maximum atomic E-state index is 14.0. The lowest BCUT2D eigenvalue weighted by molar-refractivity contribution is -0.379. The van der Waals surface area contributed by atoms with E-state index in [1.54, 1.807) is 0 Å². The quantitative estimate of drug-likeness (QED) is 0.0279. The zero-order chi connectivity index (χ0) is 34.1. The summed E-state index contributed by atoms with van der Waals surface area (Å²) in [5.74, 6) is 0. The first kappa shape index (κ1) is 39.4. The second-order valence-electron chi connectivity index (χ2n) is 11.2. The van der Waals surface area contributed by atoms with Gasteiger partial charge in [-0.1, -0.05) is 0 Å². The molecule has 17 unspecified atom stereocenters. The summed E-state index contributed by atoms with van der Waals surface area (Å²) in [7, 11) is 0. The lowest BCUT2D eigenvalue weighted by Crippen LogP contribution is -2.65. The summed E-state index contributed by atoms with van der Waals surface area (Å²) >= 11 is 0. The van der Waals surface area contributed by atoms with Crippen molar-refractivity contribution in [2.24, 2.45) is 0 Å². The predicted octanol–water partition coefficient (Wildman–Crippen LogP) is -4.66. The summed E-state index contributed by atoms with van der Waals surface area (Å²) in [6, 6.07) is -4.23. The predicted molar refractivity (Wildman–Crippen MR) is 137 cm³/mol. The van der Waals surface area contributed by atoms with Crippen LogP contribution >= 0.6 is 0 Å². The topological polar surface area (TPSA) is 257 Å². The van der Waals surface area contributed by atoms with E-state index < -0.39 is 136 Å². The Morgan fingerprint density at radius 3 is 2.07 bits per heavy atom. The molecule has 2 saturated heterocycles. The fourth-order valence-corrected chi connectivity index (χ4v) is 5.41. The SMILES string of the molecule is CC(NF)C(O)C(O)C(CNF)OOC1C(CO)OC(OC2C(O)C(NF)CC(NF)C2OC2CC(O)C(O)C(CNF)O2)C1O. The molecule has 0 bridgehead atoms. The van der Waals surface area contributed by atoms with E-state index >= 15 is 0 Å². The van der Waals surface area contributed by atoms with Gasteiger partial charge in [0, 0.05) is 6.42 Å². The molecule has 0 aromatic heterocycles. The van der Waals surface area contributed by atoms with Gasteiger partial charge in [0.15, 0.2) is 18.7 Å². The summed E-state index contributed by atoms with van der Waals surface area (Å²) < 4.78 is 88.3. The minimum atomic E-state index is -1.95. The highest BCUT2D eigenvalue weighted by Gasteiger charge is 2.53. The van der Waals surface area contributed by atoms with Crippen LogP contribution in [0.2, 0.25) is 0 Å². The summed E-state index contributed by atoms with van der Waals surface area (Å²) in [6.07, 6.45) is -24.1. The molecule has 12 N–H and O–H groups in total. The number of nitrogens with one attached hydrogen (secondary N) is 5. The van der Waals surface area contributed by atoms with Crippen LogP contribution in [0.3, 0.4) is 0 Å². The molecule has 3 rings (SSSR count). The van der Waals surface area contributed by atoms with Crippen LogP contribution in [0.1, 0.15) is 19.8 Å². The molecule has 17 atom stereocenters. The van der Waals surface area contributed by atoms with Gasteiger partial charge >= 0.3 is 0 Å². The van der Waals surface area contributed by atoms with E-state index in [0.29, 0.717) is 0 Å². The van der Waals surface area contributed by atoms with Crippen LogP contribution in [0, 0.1) is 0 Å². The molecule has 18 nitrogen and oxygen atoms in total. The summed E-state index contributed by atoms with van der Waals surface area (Å²) in [5.41, 5.74) is 6.36. The molecular formula is C23H42F5N5O13. The highest BCUT2D eigenvalue weighted by Crippen LogP contribution is 2.34. The Balaban J connectivity index is 1.77. The van der Waals surface area contributed by atoms with Gasteiger partial charge in [-0.05, 0) is 13.3 Å². The van der Waals surface area contributed by atoms with Gasteiger partial charge in [0.2, 0.25) is 0 Å². The van der Waals surface area contributed by atoms with Gasteiger partial charge < -0.3 is 54.7 Å². The van der Waals surface area contributed by atoms with Crippen LogP contribution in [-0.2, 0) is 28.7 Å². The fourth-order valence-electron chi connectivity index (χ4n) is 5.41. The second-order valence-corrected chi connectivity index (χ2v) is 11.2. The van der Waals surface area contributed by atoms with Crippen LogP contribution < -0.4 is 27.7 Å². The fraction of sp³-hybridized carbons (Fsp3) is 1.00. The van der Waals surface area contributed by atoms with Crippen molar-refractivity contribution in [3.63, 3.8) is 0 Å². The molecule has 0 aromatic carbocycles. The number of aliphatic hydroxyl groups excluding tert-OH is 7. The number of aliphatic hydroxyl groups is 7. The van der Waals surface area contributed by atoms with Crippen molar-refractivity contribution in [1.82, 2.24) is 27.7 Å². The van der Waals surface area contributed by atoms with Crippen LogP contribution in [0.5, 0.6) is 0 Å². The van der Waals surface area contributed by atoms with Gasteiger partial charge in [0.25, 0.3) is 0 Å². The standard InChI is InChI=1S/C23H42F5N5O13/c1-7(31-26)15(36)18(39)12(5-30-25)45-46-21-13(6-34)42-23(19(21)40)44-22-16(37)8(32-27)2-9(33-28)20(22)43-14-3-10(35)17(38)11(41-14)4-29-24/h7-23,29-40H,2-6H2,1H3. The third kappa shape index (κ3) is 9.33. The number of hydrogen-bond donors (Lipinski definition) is 12. The molecule has 3 aliphatic rings. The first-order valence-electron chi connectivity index (χ1n) is 14.3. The molecule has 1 aliphatic carbocycles. The van der Waals surface area contributed by atoms with Gasteiger partial charge in [-0.25, -0.2) is 9.78 Å². The van der Waals surface area contributed by atoms with Crippen molar-refractivity contribution in [1.29, 1.82) is 0 Å². The maximum Gasteiger partial charge on any atom is 0.187 e. The Morgan fingerprint density at radius 1 is 0.783 bits per heavy atom. The monoisotopic (exact) mass is 691 g/mol. The van der Waals surface area contributed by atoms with Crippen molar-refractivity contribution in [2.75, 3.05) is 19.7 Å². The molecule has 23 heteroatoms. The van der Waals surface area contributed by atoms with Gasteiger partial charge in [-0.2, -0.15) is 27.7 Å². The number of halogens is 5. The molecule has 0 spiro atoms. The molecule has 0 amide bonds. The third-order valence-electron chi connectivity index (χ3n) is 8.13. The minimum Gasteiger partial charge on any atom is -0.394 e. The Labute approximate surface area is 258 Å². The second kappa shape index (κ2) is 18.6.